The maximum Gasteiger partial charge on any atom is 0.0305 e. The zero-order chi connectivity index (χ0) is 11.7. The summed E-state index contributed by atoms with van der Waals surface area (Å²) < 4.78 is 2.30. The molecule has 1 fully saturated rings. The highest BCUT2D eigenvalue weighted by molar-refractivity contribution is 9.11. The average Bonchev–Trinajstić information content (AvgIpc) is 2.96. The van der Waals surface area contributed by atoms with E-state index in [0.717, 1.165) is 16.4 Å². The van der Waals surface area contributed by atoms with Crippen molar-refractivity contribution in [2.75, 3.05) is 0 Å². The van der Waals surface area contributed by atoms with Gasteiger partial charge in [0.1, 0.15) is 0 Å². The molecule has 1 aromatic rings. The van der Waals surface area contributed by atoms with Crippen LogP contribution in [0.25, 0.3) is 0 Å². The third-order valence-corrected chi connectivity index (χ3v) is 4.52. The lowest BCUT2D eigenvalue weighted by molar-refractivity contribution is 0.538. The van der Waals surface area contributed by atoms with Crippen LogP contribution in [0, 0.1) is 5.92 Å². The summed E-state index contributed by atoms with van der Waals surface area (Å²) in [7, 11) is 0. The van der Waals surface area contributed by atoms with Crippen LogP contribution in [0.4, 0.5) is 0 Å². The summed E-state index contributed by atoms with van der Waals surface area (Å²) in [6.07, 6.45) is 2.64. The second kappa shape index (κ2) is 5.19. The molecule has 0 amide bonds. The van der Waals surface area contributed by atoms with E-state index < -0.39 is 0 Å². The minimum atomic E-state index is 0.420. The zero-order valence-corrected chi connectivity index (χ0v) is 12.8. The summed E-state index contributed by atoms with van der Waals surface area (Å²) in [6, 6.07) is 7.54. The molecule has 0 radical (unpaired) electrons. The van der Waals surface area contributed by atoms with Gasteiger partial charge in [-0.05, 0) is 37.0 Å². The Kier molecular flexibility index (Phi) is 4.09. The molecule has 1 aromatic carbocycles. The molecule has 0 heterocycles. The Morgan fingerprint density at radius 3 is 2.75 bits per heavy atom. The van der Waals surface area contributed by atoms with Gasteiger partial charge in [0.2, 0.25) is 0 Å². The number of hydrogen-bond donors (Lipinski definition) is 1. The Morgan fingerprint density at radius 1 is 1.44 bits per heavy atom. The Bertz CT molecular complexity index is 378. The van der Waals surface area contributed by atoms with Crippen molar-refractivity contribution in [3.8, 4) is 0 Å². The Hall–Kier alpha value is 0.140. The molecule has 1 aliphatic carbocycles. The minimum Gasteiger partial charge on any atom is -0.307 e. The van der Waals surface area contributed by atoms with Gasteiger partial charge in [-0.15, -0.1) is 0 Å². The molecule has 0 aliphatic heterocycles. The number of benzene rings is 1. The van der Waals surface area contributed by atoms with Crippen LogP contribution < -0.4 is 5.32 Å². The maximum absolute atomic E-state index is 3.69. The van der Waals surface area contributed by atoms with E-state index in [9.17, 15) is 0 Å². The second-order valence-electron chi connectivity index (χ2n) is 4.56. The van der Waals surface area contributed by atoms with Crippen LogP contribution in [0.5, 0.6) is 0 Å². The molecule has 2 rings (SSSR count). The topological polar surface area (TPSA) is 12.0 Å². The van der Waals surface area contributed by atoms with Gasteiger partial charge in [0.05, 0.1) is 0 Å². The van der Waals surface area contributed by atoms with Gasteiger partial charge in [-0.1, -0.05) is 51.3 Å². The van der Waals surface area contributed by atoms with Crippen LogP contribution in [0.2, 0.25) is 0 Å². The first-order valence-electron chi connectivity index (χ1n) is 5.82. The molecule has 0 saturated heterocycles. The predicted molar refractivity (Wildman–Crippen MR) is 75.6 cm³/mol. The SMILES string of the molecule is CCC1CC1NC(C)c1ccc(Br)cc1Br. The number of halogens is 2. The van der Waals surface area contributed by atoms with Crippen LogP contribution in [0.1, 0.15) is 38.3 Å². The monoisotopic (exact) mass is 345 g/mol. The summed E-state index contributed by atoms with van der Waals surface area (Å²) in [5.74, 6) is 0.900. The van der Waals surface area contributed by atoms with E-state index in [1.54, 1.807) is 0 Å². The molecule has 3 heteroatoms. The van der Waals surface area contributed by atoms with Crippen molar-refractivity contribution in [1.29, 1.82) is 0 Å². The van der Waals surface area contributed by atoms with Gasteiger partial charge in [0.25, 0.3) is 0 Å². The van der Waals surface area contributed by atoms with Crippen molar-refractivity contribution in [2.45, 2.75) is 38.8 Å². The van der Waals surface area contributed by atoms with Crippen LogP contribution in [0.15, 0.2) is 27.1 Å². The third-order valence-electron chi connectivity index (χ3n) is 3.34. The molecule has 88 valence electrons. The predicted octanol–water partition coefficient (Wildman–Crippen LogP) is 4.66. The summed E-state index contributed by atoms with van der Waals surface area (Å²) >= 11 is 7.10. The van der Waals surface area contributed by atoms with E-state index in [1.165, 1.54) is 22.9 Å². The van der Waals surface area contributed by atoms with Gasteiger partial charge < -0.3 is 5.32 Å². The third kappa shape index (κ3) is 2.88. The molecule has 1 saturated carbocycles. The largest absolute Gasteiger partial charge is 0.307 e. The van der Waals surface area contributed by atoms with E-state index in [4.69, 9.17) is 0 Å². The van der Waals surface area contributed by atoms with E-state index in [0.29, 0.717) is 6.04 Å². The van der Waals surface area contributed by atoms with Gasteiger partial charge in [-0.3, -0.25) is 0 Å². The summed E-state index contributed by atoms with van der Waals surface area (Å²) in [5, 5.41) is 3.69. The average molecular weight is 347 g/mol. The van der Waals surface area contributed by atoms with Gasteiger partial charge in [0.15, 0.2) is 0 Å². The standard InChI is InChI=1S/C13H17Br2N/c1-3-9-6-13(9)16-8(2)11-5-4-10(14)7-12(11)15/h4-5,7-9,13,16H,3,6H2,1-2H3. The quantitative estimate of drug-likeness (QED) is 0.835. The van der Waals surface area contributed by atoms with Gasteiger partial charge >= 0.3 is 0 Å². The van der Waals surface area contributed by atoms with Crippen LogP contribution >= 0.6 is 31.9 Å². The van der Waals surface area contributed by atoms with E-state index >= 15 is 0 Å². The van der Waals surface area contributed by atoms with Crippen molar-refractivity contribution in [1.82, 2.24) is 5.32 Å². The molecule has 1 N–H and O–H groups in total. The fourth-order valence-corrected chi connectivity index (χ4v) is 3.56. The lowest BCUT2D eigenvalue weighted by atomic mass is 10.1. The molecular formula is C13H17Br2N. The normalized spacial score (nSPS) is 25.5. The molecule has 0 aromatic heterocycles. The number of hydrogen-bond acceptors (Lipinski definition) is 1. The molecular weight excluding hydrogens is 330 g/mol. The Labute approximate surface area is 114 Å². The van der Waals surface area contributed by atoms with Gasteiger partial charge in [-0.2, -0.15) is 0 Å². The first-order chi connectivity index (χ1) is 7.61. The lowest BCUT2D eigenvalue weighted by Crippen LogP contribution is -2.22. The van der Waals surface area contributed by atoms with Crippen LogP contribution in [-0.2, 0) is 0 Å². The highest BCUT2D eigenvalue weighted by Gasteiger charge is 2.36. The molecule has 3 unspecified atom stereocenters. The minimum absolute atomic E-state index is 0.420. The van der Waals surface area contributed by atoms with E-state index in [1.807, 2.05) is 0 Å². The van der Waals surface area contributed by atoms with E-state index in [2.05, 4.69) is 69.2 Å². The van der Waals surface area contributed by atoms with Crippen molar-refractivity contribution >= 4 is 31.9 Å². The fourth-order valence-electron chi connectivity index (χ4n) is 2.17. The lowest BCUT2D eigenvalue weighted by Gasteiger charge is -2.16. The van der Waals surface area contributed by atoms with Crippen LogP contribution in [0.3, 0.4) is 0 Å². The summed E-state index contributed by atoms with van der Waals surface area (Å²) in [6.45, 7) is 4.51. The van der Waals surface area contributed by atoms with Gasteiger partial charge in [0, 0.05) is 21.0 Å². The van der Waals surface area contributed by atoms with Crippen molar-refractivity contribution < 1.29 is 0 Å². The molecule has 1 aliphatic rings. The highest BCUT2D eigenvalue weighted by Crippen LogP contribution is 2.36. The van der Waals surface area contributed by atoms with Crippen LogP contribution in [-0.4, -0.2) is 6.04 Å². The molecule has 0 spiro atoms. The highest BCUT2D eigenvalue weighted by atomic mass is 79.9. The van der Waals surface area contributed by atoms with Crippen molar-refractivity contribution in [3.63, 3.8) is 0 Å². The first-order valence-corrected chi connectivity index (χ1v) is 7.41. The molecule has 0 bridgehead atoms. The molecule has 1 nitrogen and oxygen atoms in total. The maximum atomic E-state index is 3.69. The zero-order valence-electron chi connectivity index (χ0n) is 9.63. The first kappa shape index (κ1) is 12.6. The summed E-state index contributed by atoms with van der Waals surface area (Å²) in [5.41, 5.74) is 1.34. The van der Waals surface area contributed by atoms with E-state index in [-0.39, 0.29) is 0 Å². The summed E-state index contributed by atoms with van der Waals surface area (Å²) in [4.78, 5) is 0. The molecule has 16 heavy (non-hydrogen) atoms. The Balaban J connectivity index is 2.01. The van der Waals surface area contributed by atoms with Gasteiger partial charge in [-0.25, -0.2) is 0 Å². The van der Waals surface area contributed by atoms with Crippen molar-refractivity contribution in [2.24, 2.45) is 5.92 Å². The number of nitrogens with one attached hydrogen (secondary N) is 1. The Morgan fingerprint density at radius 2 is 2.19 bits per heavy atom. The fraction of sp³-hybridized carbons (Fsp3) is 0.538. The number of rotatable bonds is 4. The molecule has 3 atom stereocenters. The van der Waals surface area contributed by atoms with Crippen molar-refractivity contribution in [3.05, 3.63) is 32.7 Å². The second-order valence-corrected chi connectivity index (χ2v) is 6.33. The smallest absolute Gasteiger partial charge is 0.0305 e.